The first-order chi connectivity index (χ1) is 7.97. The summed E-state index contributed by atoms with van der Waals surface area (Å²) in [5.41, 5.74) is 0.231. The maximum Gasteiger partial charge on any atom is 0.326 e. The van der Waals surface area contributed by atoms with Crippen molar-refractivity contribution in [2.24, 2.45) is 5.41 Å². The smallest absolute Gasteiger partial charge is 0.326 e. The van der Waals surface area contributed by atoms with Crippen LogP contribution in [-0.4, -0.2) is 41.7 Å². The fourth-order valence-corrected chi connectivity index (χ4v) is 1.86. The highest BCUT2D eigenvalue weighted by atomic mass is 32.2. The van der Waals surface area contributed by atoms with Crippen molar-refractivity contribution in [2.75, 3.05) is 18.6 Å². The molecule has 0 heterocycles. The first kappa shape index (κ1) is 14.2. The first-order valence-corrected chi connectivity index (χ1v) is 7.12. The largest absolute Gasteiger partial charge is 0.480 e. The number of urea groups is 1. The Kier molecular flexibility index (Phi) is 5.11. The third-order valence-corrected chi connectivity index (χ3v) is 3.64. The first-order valence-electron chi connectivity index (χ1n) is 5.73. The lowest BCUT2D eigenvalue weighted by Crippen LogP contribution is -2.47. The SMILES string of the molecule is CSCCC(NC(=O)NCC1(C)CC1)C(=O)O. The molecule has 1 saturated carbocycles. The van der Waals surface area contributed by atoms with Crippen LogP contribution >= 0.6 is 11.8 Å². The minimum atomic E-state index is -0.980. The van der Waals surface area contributed by atoms with Gasteiger partial charge in [-0.2, -0.15) is 11.8 Å². The summed E-state index contributed by atoms with van der Waals surface area (Å²) in [7, 11) is 0. The van der Waals surface area contributed by atoms with Crippen LogP contribution in [0.2, 0.25) is 0 Å². The molecule has 1 rings (SSSR count). The predicted octanol–water partition coefficient (Wildman–Crippen LogP) is 1.29. The van der Waals surface area contributed by atoms with Crippen LogP contribution in [0.25, 0.3) is 0 Å². The van der Waals surface area contributed by atoms with Crippen molar-refractivity contribution in [3.63, 3.8) is 0 Å². The third-order valence-electron chi connectivity index (χ3n) is 2.99. The van der Waals surface area contributed by atoms with Crippen molar-refractivity contribution in [3.8, 4) is 0 Å². The Morgan fingerprint density at radius 1 is 1.47 bits per heavy atom. The minimum absolute atomic E-state index is 0.231. The van der Waals surface area contributed by atoms with Crippen molar-refractivity contribution < 1.29 is 14.7 Å². The number of rotatable bonds is 7. The van der Waals surface area contributed by atoms with Gasteiger partial charge in [0.25, 0.3) is 0 Å². The molecule has 98 valence electrons. The zero-order valence-corrected chi connectivity index (χ0v) is 11.1. The molecule has 0 bridgehead atoms. The number of carboxylic acid groups (broad SMARTS) is 1. The molecule has 3 N–H and O–H groups in total. The standard InChI is InChI=1S/C11H20N2O3S/c1-11(4-5-11)7-12-10(16)13-8(9(14)15)3-6-17-2/h8H,3-7H2,1-2H3,(H,14,15)(H2,12,13,16). The molecule has 1 atom stereocenters. The van der Waals surface area contributed by atoms with Crippen LogP contribution in [0.3, 0.4) is 0 Å². The van der Waals surface area contributed by atoms with Crippen LogP contribution in [0.1, 0.15) is 26.2 Å². The second-order valence-corrected chi connectivity index (χ2v) is 5.80. The molecule has 0 aliphatic heterocycles. The number of aliphatic carboxylic acids is 1. The summed E-state index contributed by atoms with van der Waals surface area (Å²) >= 11 is 1.57. The van der Waals surface area contributed by atoms with Gasteiger partial charge in [0.2, 0.25) is 0 Å². The molecule has 0 saturated heterocycles. The van der Waals surface area contributed by atoms with Crippen molar-refractivity contribution >= 4 is 23.8 Å². The lowest BCUT2D eigenvalue weighted by molar-refractivity contribution is -0.139. The van der Waals surface area contributed by atoms with Gasteiger partial charge in [0.15, 0.2) is 0 Å². The molecule has 1 aliphatic rings. The Morgan fingerprint density at radius 2 is 2.12 bits per heavy atom. The Balaban J connectivity index is 2.27. The van der Waals surface area contributed by atoms with Crippen LogP contribution in [0, 0.1) is 5.41 Å². The van der Waals surface area contributed by atoms with Gasteiger partial charge in [-0.1, -0.05) is 6.92 Å². The van der Waals surface area contributed by atoms with E-state index in [0.29, 0.717) is 13.0 Å². The van der Waals surface area contributed by atoms with Crippen molar-refractivity contribution in [1.29, 1.82) is 0 Å². The zero-order valence-electron chi connectivity index (χ0n) is 10.3. The Hall–Kier alpha value is -0.910. The van der Waals surface area contributed by atoms with E-state index in [2.05, 4.69) is 17.6 Å². The fourth-order valence-electron chi connectivity index (χ4n) is 1.39. The lowest BCUT2D eigenvalue weighted by atomic mass is 10.1. The lowest BCUT2D eigenvalue weighted by Gasteiger charge is -2.16. The van der Waals surface area contributed by atoms with Gasteiger partial charge in [-0.15, -0.1) is 0 Å². The van der Waals surface area contributed by atoms with Gasteiger partial charge in [-0.25, -0.2) is 9.59 Å². The minimum Gasteiger partial charge on any atom is -0.480 e. The Morgan fingerprint density at radius 3 is 2.59 bits per heavy atom. The highest BCUT2D eigenvalue weighted by Crippen LogP contribution is 2.43. The molecule has 1 aliphatic carbocycles. The molecule has 5 nitrogen and oxygen atoms in total. The summed E-state index contributed by atoms with van der Waals surface area (Å²) in [4.78, 5) is 22.4. The number of amides is 2. The number of nitrogens with one attached hydrogen (secondary N) is 2. The molecular weight excluding hydrogens is 240 g/mol. The summed E-state index contributed by atoms with van der Waals surface area (Å²) in [5, 5.41) is 14.2. The van der Waals surface area contributed by atoms with E-state index in [4.69, 9.17) is 5.11 Å². The maximum absolute atomic E-state index is 11.5. The van der Waals surface area contributed by atoms with Gasteiger partial charge >= 0.3 is 12.0 Å². The van der Waals surface area contributed by atoms with Gasteiger partial charge < -0.3 is 15.7 Å². The maximum atomic E-state index is 11.5. The molecule has 0 aromatic heterocycles. The average molecular weight is 260 g/mol. The molecular formula is C11H20N2O3S. The quantitative estimate of drug-likeness (QED) is 0.644. The van der Waals surface area contributed by atoms with Crippen LogP contribution in [0.5, 0.6) is 0 Å². The van der Waals surface area contributed by atoms with E-state index in [-0.39, 0.29) is 11.4 Å². The molecule has 0 aromatic rings. The molecule has 0 spiro atoms. The van der Waals surface area contributed by atoms with E-state index in [0.717, 1.165) is 18.6 Å². The summed E-state index contributed by atoms with van der Waals surface area (Å²) in [6, 6.07) is -1.18. The van der Waals surface area contributed by atoms with Gasteiger partial charge in [-0.3, -0.25) is 0 Å². The fraction of sp³-hybridized carbons (Fsp3) is 0.818. The van der Waals surface area contributed by atoms with E-state index in [1.807, 2.05) is 6.26 Å². The molecule has 0 aromatic carbocycles. The Bertz CT molecular complexity index is 292. The number of carbonyl (C=O) groups is 2. The highest BCUT2D eigenvalue weighted by Gasteiger charge is 2.37. The number of carbonyl (C=O) groups excluding carboxylic acids is 1. The molecule has 1 fully saturated rings. The zero-order chi connectivity index (χ0) is 12.9. The molecule has 6 heteroatoms. The highest BCUT2D eigenvalue weighted by molar-refractivity contribution is 7.98. The van der Waals surface area contributed by atoms with Crippen molar-refractivity contribution in [3.05, 3.63) is 0 Å². The number of carboxylic acids is 1. The summed E-state index contributed by atoms with van der Waals surface area (Å²) < 4.78 is 0. The van der Waals surface area contributed by atoms with E-state index in [1.165, 1.54) is 0 Å². The van der Waals surface area contributed by atoms with Gasteiger partial charge in [0.05, 0.1) is 0 Å². The van der Waals surface area contributed by atoms with Crippen LogP contribution < -0.4 is 10.6 Å². The second-order valence-electron chi connectivity index (χ2n) is 4.81. The van der Waals surface area contributed by atoms with E-state index < -0.39 is 12.0 Å². The van der Waals surface area contributed by atoms with Crippen LogP contribution in [-0.2, 0) is 4.79 Å². The van der Waals surface area contributed by atoms with Gasteiger partial charge in [-0.05, 0) is 36.7 Å². The average Bonchev–Trinajstić information content (AvgIpc) is 3.00. The normalized spacial score (nSPS) is 18.2. The van der Waals surface area contributed by atoms with Gasteiger partial charge in [0, 0.05) is 6.54 Å². The van der Waals surface area contributed by atoms with Crippen LogP contribution in [0.4, 0.5) is 4.79 Å². The number of thioether (sulfide) groups is 1. The Labute approximate surface area is 106 Å². The molecule has 2 amide bonds. The number of hydrogen-bond donors (Lipinski definition) is 3. The molecule has 17 heavy (non-hydrogen) atoms. The second kappa shape index (κ2) is 6.14. The van der Waals surface area contributed by atoms with Crippen LogP contribution in [0.15, 0.2) is 0 Å². The predicted molar refractivity (Wildman–Crippen MR) is 68.3 cm³/mol. The summed E-state index contributed by atoms with van der Waals surface area (Å²) in [6.45, 7) is 2.73. The molecule has 0 radical (unpaired) electrons. The third kappa shape index (κ3) is 5.30. The monoisotopic (exact) mass is 260 g/mol. The number of hydrogen-bond acceptors (Lipinski definition) is 3. The van der Waals surface area contributed by atoms with Crippen molar-refractivity contribution in [2.45, 2.75) is 32.2 Å². The summed E-state index contributed by atoms with van der Waals surface area (Å²) in [5.74, 6) is -0.263. The molecule has 1 unspecified atom stereocenters. The van der Waals surface area contributed by atoms with Crippen molar-refractivity contribution in [1.82, 2.24) is 10.6 Å². The van der Waals surface area contributed by atoms with E-state index in [1.54, 1.807) is 11.8 Å². The van der Waals surface area contributed by atoms with E-state index >= 15 is 0 Å². The summed E-state index contributed by atoms with van der Waals surface area (Å²) in [6.07, 6.45) is 4.61. The topological polar surface area (TPSA) is 78.4 Å². The van der Waals surface area contributed by atoms with E-state index in [9.17, 15) is 9.59 Å². The van der Waals surface area contributed by atoms with Gasteiger partial charge in [0.1, 0.15) is 6.04 Å².